The summed E-state index contributed by atoms with van der Waals surface area (Å²) < 4.78 is 38.5. The van der Waals surface area contributed by atoms with E-state index in [0.717, 1.165) is 29.9 Å². The van der Waals surface area contributed by atoms with Gasteiger partial charge >= 0.3 is 6.18 Å². The van der Waals surface area contributed by atoms with Crippen molar-refractivity contribution in [2.75, 3.05) is 6.54 Å². The van der Waals surface area contributed by atoms with Crippen LogP contribution in [0.15, 0.2) is 24.3 Å². The van der Waals surface area contributed by atoms with Crippen LogP contribution in [0.4, 0.5) is 13.2 Å². The number of likely N-dealkylation sites (tertiary alicyclic amines) is 1. The van der Waals surface area contributed by atoms with Gasteiger partial charge in [-0.1, -0.05) is 25.0 Å². The standard InChI is InChI=1S/C19H21F3N2O3/c1-11(12-5-4-6-13(9-12)19(20,21)22)23-16(25)10-24-17(26)14-7-2-3-8-15(14)18(24)27/h4-6,9,11,14-15H,2-3,7-8,10H2,1H3,(H,23,25). The van der Waals surface area contributed by atoms with Crippen LogP contribution in [0.25, 0.3) is 0 Å². The van der Waals surface area contributed by atoms with E-state index in [1.165, 1.54) is 12.1 Å². The normalized spacial score (nSPS) is 23.9. The number of hydrogen-bond donors (Lipinski definition) is 1. The summed E-state index contributed by atoms with van der Waals surface area (Å²) in [5.41, 5.74) is -0.499. The zero-order chi connectivity index (χ0) is 19.8. The summed E-state index contributed by atoms with van der Waals surface area (Å²) in [6.45, 7) is 1.16. The Morgan fingerprint density at radius 2 is 1.78 bits per heavy atom. The number of nitrogens with one attached hydrogen (secondary N) is 1. The van der Waals surface area contributed by atoms with E-state index in [9.17, 15) is 27.6 Å². The second-order valence-electron chi connectivity index (χ2n) is 7.17. The number of fused-ring (bicyclic) bond motifs is 1. The second kappa shape index (κ2) is 7.32. The van der Waals surface area contributed by atoms with Gasteiger partial charge in [0.05, 0.1) is 23.4 Å². The average molecular weight is 382 g/mol. The maximum absolute atomic E-state index is 12.8. The highest BCUT2D eigenvalue weighted by atomic mass is 19.4. The molecule has 1 heterocycles. The van der Waals surface area contributed by atoms with Gasteiger partial charge in [-0.3, -0.25) is 19.3 Å². The first-order valence-corrected chi connectivity index (χ1v) is 9.00. The zero-order valence-corrected chi connectivity index (χ0v) is 14.9. The molecule has 2 aliphatic rings. The Morgan fingerprint density at radius 3 is 2.33 bits per heavy atom. The first-order chi connectivity index (χ1) is 12.7. The van der Waals surface area contributed by atoms with Crippen molar-refractivity contribution in [3.05, 3.63) is 35.4 Å². The lowest BCUT2D eigenvalue weighted by Crippen LogP contribution is -2.41. The van der Waals surface area contributed by atoms with Crippen LogP contribution in [0.3, 0.4) is 0 Å². The van der Waals surface area contributed by atoms with Crippen LogP contribution in [0.1, 0.15) is 49.8 Å². The quantitative estimate of drug-likeness (QED) is 0.814. The molecule has 1 saturated heterocycles. The molecule has 0 aromatic heterocycles. The molecule has 3 amide bonds. The number of nitrogens with zero attached hydrogens (tertiary/aromatic N) is 1. The van der Waals surface area contributed by atoms with Gasteiger partial charge in [0.1, 0.15) is 6.54 Å². The lowest BCUT2D eigenvalue weighted by molar-refractivity contribution is -0.143. The Labute approximate surface area is 154 Å². The summed E-state index contributed by atoms with van der Waals surface area (Å²) in [5, 5.41) is 2.57. The Morgan fingerprint density at radius 1 is 1.19 bits per heavy atom. The maximum atomic E-state index is 12.8. The number of rotatable bonds is 4. The van der Waals surface area contributed by atoms with Crippen molar-refractivity contribution in [3.63, 3.8) is 0 Å². The highest BCUT2D eigenvalue weighted by Gasteiger charge is 2.48. The van der Waals surface area contributed by atoms with Gasteiger partial charge < -0.3 is 5.32 Å². The molecule has 0 bridgehead atoms. The molecule has 1 aromatic rings. The molecule has 3 atom stereocenters. The minimum Gasteiger partial charge on any atom is -0.348 e. The van der Waals surface area contributed by atoms with Crippen LogP contribution in [-0.2, 0) is 20.6 Å². The molecule has 1 aliphatic heterocycles. The van der Waals surface area contributed by atoms with Crippen molar-refractivity contribution >= 4 is 17.7 Å². The highest BCUT2D eigenvalue weighted by Crippen LogP contribution is 2.38. The molecular weight excluding hydrogens is 361 g/mol. The molecule has 2 fully saturated rings. The fourth-order valence-corrected chi connectivity index (χ4v) is 3.89. The van der Waals surface area contributed by atoms with Gasteiger partial charge in [0.2, 0.25) is 17.7 Å². The first-order valence-electron chi connectivity index (χ1n) is 9.00. The highest BCUT2D eigenvalue weighted by molar-refractivity contribution is 6.07. The van der Waals surface area contributed by atoms with Gasteiger partial charge in [-0.05, 0) is 37.5 Å². The number of imide groups is 1. The summed E-state index contributed by atoms with van der Waals surface area (Å²) in [4.78, 5) is 38.1. The number of halogens is 3. The first kappa shape index (κ1) is 19.4. The summed E-state index contributed by atoms with van der Waals surface area (Å²) in [5.74, 6) is -1.86. The molecular formula is C19H21F3N2O3. The molecule has 146 valence electrons. The monoisotopic (exact) mass is 382 g/mol. The smallest absolute Gasteiger partial charge is 0.348 e. The number of carbonyl (C=O) groups excluding carboxylic acids is 3. The predicted octanol–water partition coefficient (Wildman–Crippen LogP) is 3.06. The minimum atomic E-state index is -4.47. The molecule has 1 saturated carbocycles. The van der Waals surface area contributed by atoms with E-state index in [0.29, 0.717) is 18.4 Å². The van der Waals surface area contributed by atoms with Crippen molar-refractivity contribution in [3.8, 4) is 0 Å². The van der Waals surface area contributed by atoms with Crippen molar-refractivity contribution in [2.45, 2.75) is 44.8 Å². The third-order valence-corrected chi connectivity index (χ3v) is 5.33. The molecule has 27 heavy (non-hydrogen) atoms. The van der Waals surface area contributed by atoms with Crippen molar-refractivity contribution < 1.29 is 27.6 Å². The van der Waals surface area contributed by atoms with Gasteiger partial charge in [0.25, 0.3) is 0 Å². The summed E-state index contributed by atoms with van der Waals surface area (Å²) in [6.07, 6.45) is -1.36. The largest absolute Gasteiger partial charge is 0.416 e. The van der Waals surface area contributed by atoms with Crippen LogP contribution >= 0.6 is 0 Å². The second-order valence-corrected chi connectivity index (χ2v) is 7.17. The summed E-state index contributed by atoms with van der Waals surface area (Å²) in [7, 11) is 0. The van der Waals surface area contributed by atoms with Gasteiger partial charge in [-0.2, -0.15) is 13.2 Å². The lowest BCUT2D eigenvalue weighted by atomic mass is 9.81. The van der Waals surface area contributed by atoms with E-state index in [4.69, 9.17) is 0 Å². The van der Waals surface area contributed by atoms with E-state index >= 15 is 0 Å². The molecule has 5 nitrogen and oxygen atoms in total. The number of hydrogen-bond acceptors (Lipinski definition) is 3. The van der Waals surface area contributed by atoms with Crippen molar-refractivity contribution in [2.24, 2.45) is 11.8 Å². The topological polar surface area (TPSA) is 66.5 Å². The van der Waals surface area contributed by atoms with E-state index in [-0.39, 0.29) is 23.7 Å². The summed E-state index contributed by atoms with van der Waals surface area (Å²) in [6, 6.07) is 4.02. The van der Waals surface area contributed by atoms with Crippen LogP contribution in [0.5, 0.6) is 0 Å². The van der Waals surface area contributed by atoms with Crippen molar-refractivity contribution in [1.82, 2.24) is 10.2 Å². The maximum Gasteiger partial charge on any atom is 0.416 e. The van der Waals surface area contributed by atoms with Crippen LogP contribution < -0.4 is 5.32 Å². The molecule has 3 unspecified atom stereocenters. The Bertz CT molecular complexity index is 739. The van der Waals surface area contributed by atoms with E-state index in [1.807, 2.05) is 0 Å². The van der Waals surface area contributed by atoms with Crippen LogP contribution in [0, 0.1) is 11.8 Å². The molecule has 0 spiro atoms. The molecule has 1 N–H and O–H groups in total. The zero-order valence-electron chi connectivity index (χ0n) is 14.9. The van der Waals surface area contributed by atoms with Crippen molar-refractivity contribution in [1.29, 1.82) is 0 Å². The van der Waals surface area contributed by atoms with E-state index < -0.39 is 30.2 Å². The SMILES string of the molecule is CC(NC(=O)CN1C(=O)C2CCCCC2C1=O)c1cccc(C(F)(F)F)c1. The molecule has 3 rings (SSSR count). The summed E-state index contributed by atoms with van der Waals surface area (Å²) >= 11 is 0. The Hall–Kier alpha value is -2.38. The molecule has 1 aliphatic carbocycles. The Kier molecular flexibility index (Phi) is 5.26. The predicted molar refractivity (Wildman–Crippen MR) is 90.2 cm³/mol. The van der Waals surface area contributed by atoms with Crippen LogP contribution in [0.2, 0.25) is 0 Å². The van der Waals surface area contributed by atoms with E-state index in [2.05, 4.69) is 5.32 Å². The van der Waals surface area contributed by atoms with Gasteiger partial charge in [-0.25, -0.2) is 0 Å². The van der Waals surface area contributed by atoms with Gasteiger partial charge in [-0.15, -0.1) is 0 Å². The molecule has 1 aromatic carbocycles. The fraction of sp³-hybridized carbons (Fsp3) is 0.526. The molecule has 0 radical (unpaired) electrons. The number of carbonyl (C=O) groups is 3. The fourth-order valence-electron chi connectivity index (χ4n) is 3.89. The number of benzene rings is 1. The van der Waals surface area contributed by atoms with E-state index in [1.54, 1.807) is 6.92 Å². The minimum absolute atomic E-state index is 0.297. The number of amides is 3. The lowest BCUT2D eigenvalue weighted by Gasteiger charge is -2.19. The Balaban J connectivity index is 1.64. The average Bonchev–Trinajstić information content (AvgIpc) is 2.86. The van der Waals surface area contributed by atoms with Crippen LogP contribution in [-0.4, -0.2) is 29.2 Å². The third kappa shape index (κ3) is 3.99. The third-order valence-electron chi connectivity index (χ3n) is 5.33. The number of alkyl halides is 3. The van der Waals surface area contributed by atoms with Gasteiger partial charge in [0.15, 0.2) is 0 Å². The van der Waals surface area contributed by atoms with Gasteiger partial charge in [0, 0.05) is 0 Å². The molecule has 8 heteroatoms.